The fraction of sp³-hybridized carbons (Fsp3) is 0.312. The maximum Gasteiger partial charge on any atom is 0.225 e. The number of thioether (sulfide) groups is 1. The van der Waals surface area contributed by atoms with Crippen LogP contribution in [0.2, 0.25) is 5.02 Å². The van der Waals surface area contributed by atoms with Crippen molar-refractivity contribution in [2.75, 3.05) is 25.2 Å². The molecule has 0 saturated heterocycles. The van der Waals surface area contributed by atoms with Crippen LogP contribution in [-0.4, -0.2) is 43.4 Å². The molecule has 0 saturated carbocycles. The van der Waals surface area contributed by atoms with Crippen molar-refractivity contribution in [3.8, 4) is 11.4 Å². The van der Waals surface area contributed by atoms with Crippen LogP contribution in [0.1, 0.15) is 12.2 Å². The van der Waals surface area contributed by atoms with Gasteiger partial charge in [-0.25, -0.2) is 0 Å². The van der Waals surface area contributed by atoms with Crippen LogP contribution in [0.5, 0.6) is 0 Å². The summed E-state index contributed by atoms with van der Waals surface area (Å²) in [7, 11) is 1.68. The summed E-state index contributed by atoms with van der Waals surface area (Å²) >= 11 is 7.44. The number of nitrogen functional groups attached to an aromatic ring is 2. The number of nitrogens with zero attached hydrogens (tertiary/aromatic N) is 6. The van der Waals surface area contributed by atoms with Gasteiger partial charge in [-0.3, -0.25) is 0 Å². The minimum atomic E-state index is 0.0986. The second-order valence-corrected chi connectivity index (χ2v) is 6.95. The molecule has 0 aliphatic carbocycles. The summed E-state index contributed by atoms with van der Waals surface area (Å²) in [6.45, 7) is 1.35. The highest BCUT2D eigenvalue weighted by Crippen LogP contribution is 2.27. The summed E-state index contributed by atoms with van der Waals surface area (Å²) in [6.07, 6.45) is 0.828. The molecule has 11 heteroatoms. The van der Waals surface area contributed by atoms with Crippen molar-refractivity contribution < 1.29 is 4.74 Å². The second-order valence-electron chi connectivity index (χ2n) is 5.57. The number of rotatable bonds is 8. The number of nitrogens with two attached hydrogens (primary N) is 2. The van der Waals surface area contributed by atoms with Gasteiger partial charge in [-0.15, -0.1) is 10.2 Å². The smallest absolute Gasteiger partial charge is 0.225 e. The van der Waals surface area contributed by atoms with Gasteiger partial charge in [-0.05, 0) is 30.7 Å². The van der Waals surface area contributed by atoms with Gasteiger partial charge < -0.3 is 20.8 Å². The van der Waals surface area contributed by atoms with E-state index in [9.17, 15) is 0 Å². The molecule has 0 atom stereocenters. The zero-order valence-corrected chi connectivity index (χ0v) is 16.2. The van der Waals surface area contributed by atoms with Crippen LogP contribution in [0.25, 0.3) is 11.4 Å². The maximum atomic E-state index is 5.99. The van der Waals surface area contributed by atoms with Gasteiger partial charge in [0.25, 0.3) is 0 Å². The molecule has 0 spiro atoms. The minimum Gasteiger partial charge on any atom is -0.385 e. The average molecular weight is 407 g/mol. The standard InChI is InChI=1S/C16H19ClN8OS/c1-26-8-2-7-25-13(10-3-5-11(17)6-4-10)23-24-16(25)27-9-12-20-14(18)22-15(19)21-12/h3-6H,2,7-9H2,1H3,(H4,18,19,20,21,22). The summed E-state index contributed by atoms with van der Waals surface area (Å²) in [5.41, 5.74) is 12.2. The number of hydrogen-bond acceptors (Lipinski definition) is 9. The third-order valence-corrected chi connectivity index (χ3v) is 4.81. The quantitative estimate of drug-likeness (QED) is 0.427. The van der Waals surface area contributed by atoms with Crippen molar-refractivity contribution in [1.82, 2.24) is 29.7 Å². The SMILES string of the molecule is COCCCn1c(SCc2nc(N)nc(N)n2)nnc1-c1ccc(Cl)cc1. The average Bonchev–Trinajstić information content (AvgIpc) is 3.03. The van der Waals surface area contributed by atoms with Gasteiger partial charge in [0.05, 0.1) is 5.75 Å². The lowest BCUT2D eigenvalue weighted by molar-refractivity contribution is 0.189. The van der Waals surface area contributed by atoms with E-state index in [1.54, 1.807) is 7.11 Å². The Hall–Kier alpha value is -2.43. The van der Waals surface area contributed by atoms with Crippen LogP contribution in [-0.2, 0) is 17.0 Å². The van der Waals surface area contributed by atoms with Crippen LogP contribution < -0.4 is 11.5 Å². The Balaban J connectivity index is 1.83. The monoisotopic (exact) mass is 406 g/mol. The predicted octanol–water partition coefficient (Wildman–Crippen LogP) is 2.28. The van der Waals surface area contributed by atoms with Crippen LogP contribution in [0.15, 0.2) is 29.4 Å². The highest BCUT2D eigenvalue weighted by Gasteiger charge is 2.15. The van der Waals surface area contributed by atoms with Crippen molar-refractivity contribution in [3.63, 3.8) is 0 Å². The largest absolute Gasteiger partial charge is 0.385 e. The third-order valence-electron chi connectivity index (χ3n) is 3.60. The van der Waals surface area contributed by atoms with E-state index in [4.69, 9.17) is 27.8 Å². The van der Waals surface area contributed by atoms with E-state index >= 15 is 0 Å². The van der Waals surface area contributed by atoms with Gasteiger partial charge in [0.1, 0.15) is 5.82 Å². The summed E-state index contributed by atoms with van der Waals surface area (Å²) < 4.78 is 7.21. The predicted molar refractivity (Wildman–Crippen MR) is 105 cm³/mol. The molecular formula is C16H19ClN8OS. The number of benzene rings is 1. The first kappa shape index (κ1) is 19.3. The van der Waals surface area contributed by atoms with E-state index in [2.05, 4.69) is 25.1 Å². The molecule has 0 amide bonds. The Bertz CT molecular complexity index is 882. The molecule has 27 heavy (non-hydrogen) atoms. The highest BCUT2D eigenvalue weighted by molar-refractivity contribution is 7.98. The Morgan fingerprint density at radius 2 is 1.78 bits per heavy atom. The van der Waals surface area contributed by atoms with E-state index < -0.39 is 0 Å². The molecular weight excluding hydrogens is 388 g/mol. The lowest BCUT2D eigenvalue weighted by Gasteiger charge is -2.10. The molecule has 0 bridgehead atoms. The molecule has 0 unspecified atom stereocenters. The summed E-state index contributed by atoms with van der Waals surface area (Å²) in [6, 6.07) is 7.49. The third kappa shape index (κ3) is 5.06. The molecule has 3 rings (SSSR count). The van der Waals surface area contributed by atoms with E-state index in [1.807, 2.05) is 28.8 Å². The maximum absolute atomic E-state index is 5.99. The molecule has 0 aliphatic heterocycles. The fourth-order valence-corrected chi connectivity index (χ4v) is 3.37. The number of methoxy groups -OCH3 is 1. The zero-order chi connectivity index (χ0) is 19.2. The number of anilines is 2. The zero-order valence-electron chi connectivity index (χ0n) is 14.7. The van der Waals surface area contributed by atoms with Crippen molar-refractivity contribution in [3.05, 3.63) is 35.1 Å². The number of hydrogen-bond donors (Lipinski definition) is 2. The number of halogens is 1. The van der Waals surface area contributed by atoms with Crippen molar-refractivity contribution >= 4 is 35.3 Å². The lowest BCUT2D eigenvalue weighted by Crippen LogP contribution is -2.07. The van der Waals surface area contributed by atoms with E-state index in [1.165, 1.54) is 11.8 Å². The Morgan fingerprint density at radius 1 is 1.07 bits per heavy atom. The van der Waals surface area contributed by atoms with E-state index in [0.717, 1.165) is 23.0 Å². The Morgan fingerprint density at radius 3 is 2.44 bits per heavy atom. The van der Waals surface area contributed by atoms with Gasteiger partial charge in [0, 0.05) is 30.8 Å². The van der Waals surface area contributed by atoms with E-state index in [0.29, 0.717) is 29.8 Å². The summed E-state index contributed by atoms with van der Waals surface area (Å²) in [5.74, 6) is 1.90. The number of aromatic nitrogens is 6. The molecule has 2 aromatic heterocycles. The number of ether oxygens (including phenoxy) is 1. The van der Waals surface area contributed by atoms with Gasteiger partial charge >= 0.3 is 0 Å². The topological polar surface area (TPSA) is 131 Å². The highest BCUT2D eigenvalue weighted by atomic mass is 35.5. The molecule has 3 aromatic rings. The normalized spacial score (nSPS) is 11.0. The summed E-state index contributed by atoms with van der Waals surface area (Å²) in [4.78, 5) is 12.0. The van der Waals surface area contributed by atoms with Crippen molar-refractivity contribution in [2.24, 2.45) is 0 Å². The van der Waals surface area contributed by atoms with Gasteiger partial charge in [-0.1, -0.05) is 23.4 Å². The fourth-order valence-electron chi connectivity index (χ4n) is 2.43. The van der Waals surface area contributed by atoms with Gasteiger partial charge in [-0.2, -0.15) is 15.0 Å². The molecule has 9 nitrogen and oxygen atoms in total. The van der Waals surface area contributed by atoms with Crippen LogP contribution in [0.4, 0.5) is 11.9 Å². The molecule has 0 fully saturated rings. The van der Waals surface area contributed by atoms with Crippen molar-refractivity contribution in [2.45, 2.75) is 23.9 Å². The molecule has 1 aromatic carbocycles. The first-order valence-corrected chi connectivity index (χ1v) is 9.50. The second kappa shape index (κ2) is 8.98. The van der Waals surface area contributed by atoms with Crippen LogP contribution in [0.3, 0.4) is 0 Å². The molecule has 2 heterocycles. The van der Waals surface area contributed by atoms with E-state index in [-0.39, 0.29) is 11.9 Å². The van der Waals surface area contributed by atoms with Crippen LogP contribution >= 0.6 is 23.4 Å². The first-order valence-electron chi connectivity index (χ1n) is 8.13. The Labute approximate surface area is 165 Å². The van der Waals surface area contributed by atoms with Crippen molar-refractivity contribution in [1.29, 1.82) is 0 Å². The van der Waals surface area contributed by atoms with Crippen LogP contribution in [0, 0.1) is 0 Å². The molecule has 0 aliphatic rings. The first-order chi connectivity index (χ1) is 13.1. The summed E-state index contributed by atoms with van der Waals surface area (Å²) in [5, 5.41) is 10.1. The molecule has 4 N–H and O–H groups in total. The minimum absolute atomic E-state index is 0.0986. The molecule has 142 valence electrons. The Kier molecular flexibility index (Phi) is 6.43. The lowest BCUT2D eigenvalue weighted by atomic mass is 10.2. The van der Waals surface area contributed by atoms with Gasteiger partial charge in [0.15, 0.2) is 11.0 Å². The van der Waals surface area contributed by atoms with Gasteiger partial charge in [0.2, 0.25) is 11.9 Å². The molecule has 0 radical (unpaired) electrons.